The van der Waals surface area contributed by atoms with Crippen LogP contribution in [0.15, 0.2) is 44.6 Å². The summed E-state index contributed by atoms with van der Waals surface area (Å²) in [6.45, 7) is 6.01. The molecule has 158 valence electrons. The molecule has 30 heavy (non-hydrogen) atoms. The predicted molar refractivity (Wildman–Crippen MR) is 115 cm³/mol. The van der Waals surface area contributed by atoms with Gasteiger partial charge >= 0.3 is 0 Å². The number of rotatable bonds is 7. The highest BCUT2D eigenvalue weighted by Crippen LogP contribution is 2.25. The van der Waals surface area contributed by atoms with Crippen molar-refractivity contribution in [1.82, 2.24) is 10.1 Å². The van der Waals surface area contributed by atoms with Crippen molar-refractivity contribution in [2.75, 3.05) is 16.4 Å². The molecule has 0 aliphatic heterocycles. The van der Waals surface area contributed by atoms with E-state index in [0.29, 0.717) is 21.6 Å². The zero-order valence-corrected chi connectivity index (χ0v) is 18.3. The lowest BCUT2D eigenvalue weighted by atomic mass is 9.92. The number of thioether (sulfide) groups is 1. The summed E-state index contributed by atoms with van der Waals surface area (Å²) in [5.41, 5.74) is 1.72. The molecule has 7 nitrogen and oxygen atoms in total. The van der Waals surface area contributed by atoms with Gasteiger partial charge in [-0.05, 0) is 24.3 Å². The molecule has 0 unspecified atom stereocenters. The van der Waals surface area contributed by atoms with E-state index in [0.717, 1.165) is 5.69 Å². The molecule has 10 heteroatoms. The van der Waals surface area contributed by atoms with E-state index in [9.17, 15) is 14.0 Å². The molecular formula is C20H21FN4O3S2. The molecule has 2 amide bonds. The van der Waals surface area contributed by atoms with E-state index in [1.807, 2.05) is 20.8 Å². The lowest BCUT2D eigenvalue weighted by Crippen LogP contribution is -2.15. The van der Waals surface area contributed by atoms with Gasteiger partial charge in [0, 0.05) is 22.5 Å². The second-order valence-electron chi connectivity index (χ2n) is 7.50. The van der Waals surface area contributed by atoms with Crippen LogP contribution in [0, 0.1) is 5.82 Å². The minimum atomic E-state index is -0.361. The molecule has 0 bridgehead atoms. The van der Waals surface area contributed by atoms with Crippen molar-refractivity contribution in [3.8, 4) is 0 Å². The number of benzene rings is 1. The Labute approximate surface area is 181 Å². The normalized spacial score (nSPS) is 11.3. The van der Waals surface area contributed by atoms with Crippen LogP contribution in [0.2, 0.25) is 0 Å². The Morgan fingerprint density at radius 3 is 2.57 bits per heavy atom. The standard InChI is InChI=1S/C20H21FN4O3S2/c1-20(2,3)15-9-18(28-25-15)24-16(26)8-14-10-29-19(23-14)30-11-17(27)22-13-6-4-12(21)5-7-13/h4-7,9-10H,8,11H2,1-3H3,(H,22,27)(H,24,26). The van der Waals surface area contributed by atoms with Gasteiger partial charge in [0.2, 0.25) is 17.7 Å². The van der Waals surface area contributed by atoms with Crippen LogP contribution in [0.4, 0.5) is 16.0 Å². The van der Waals surface area contributed by atoms with Crippen LogP contribution in [-0.4, -0.2) is 27.7 Å². The first kappa shape index (κ1) is 22.0. The first-order chi connectivity index (χ1) is 14.2. The molecule has 1 aromatic carbocycles. The summed E-state index contributed by atoms with van der Waals surface area (Å²) in [5.74, 6) is -0.389. The molecule has 0 radical (unpaired) electrons. The molecule has 0 saturated carbocycles. The Morgan fingerprint density at radius 1 is 1.17 bits per heavy atom. The maximum Gasteiger partial charge on any atom is 0.234 e. The van der Waals surface area contributed by atoms with Crippen molar-refractivity contribution in [3.05, 3.63) is 52.9 Å². The number of aromatic nitrogens is 2. The first-order valence-electron chi connectivity index (χ1n) is 9.09. The van der Waals surface area contributed by atoms with E-state index in [1.165, 1.54) is 47.4 Å². The number of hydrogen-bond donors (Lipinski definition) is 2. The molecular weight excluding hydrogens is 427 g/mol. The number of amides is 2. The summed E-state index contributed by atoms with van der Waals surface area (Å²) in [6, 6.07) is 7.27. The van der Waals surface area contributed by atoms with Crippen molar-refractivity contribution in [1.29, 1.82) is 0 Å². The Kier molecular flexibility index (Phi) is 6.88. The molecule has 0 atom stereocenters. The highest BCUT2D eigenvalue weighted by molar-refractivity contribution is 8.01. The Balaban J connectivity index is 1.46. The van der Waals surface area contributed by atoms with E-state index in [2.05, 4.69) is 20.8 Å². The molecule has 2 heterocycles. The summed E-state index contributed by atoms with van der Waals surface area (Å²) in [4.78, 5) is 28.6. The summed E-state index contributed by atoms with van der Waals surface area (Å²) >= 11 is 2.63. The van der Waals surface area contributed by atoms with E-state index in [4.69, 9.17) is 4.52 Å². The van der Waals surface area contributed by atoms with Gasteiger partial charge in [-0.2, -0.15) is 0 Å². The highest BCUT2D eigenvalue weighted by atomic mass is 32.2. The maximum absolute atomic E-state index is 12.9. The monoisotopic (exact) mass is 448 g/mol. The third-order valence-corrected chi connectivity index (χ3v) is 5.94. The second-order valence-corrected chi connectivity index (χ2v) is 9.58. The second kappa shape index (κ2) is 9.40. The minimum absolute atomic E-state index is 0.0877. The Hall–Kier alpha value is -2.72. The fourth-order valence-corrected chi connectivity index (χ4v) is 3.97. The molecule has 2 aromatic heterocycles. The highest BCUT2D eigenvalue weighted by Gasteiger charge is 2.20. The van der Waals surface area contributed by atoms with Crippen molar-refractivity contribution < 1.29 is 18.5 Å². The lowest BCUT2D eigenvalue weighted by molar-refractivity contribution is -0.116. The van der Waals surface area contributed by atoms with Crippen molar-refractivity contribution in [2.45, 2.75) is 36.9 Å². The molecule has 3 rings (SSSR count). The third kappa shape index (κ3) is 6.39. The quantitative estimate of drug-likeness (QED) is 0.517. The topological polar surface area (TPSA) is 97.1 Å². The zero-order chi connectivity index (χ0) is 21.7. The number of nitrogens with one attached hydrogen (secondary N) is 2. The van der Waals surface area contributed by atoms with Gasteiger partial charge in [-0.1, -0.05) is 37.7 Å². The van der Waals surface area contributed by atoms with Crippen molar-refractivity contribution >= 4 is 46.5 Å². The van der Waals surface area contributed by atoms with Gasteiger partial charge < -0.3 is 9.84 Å². The summed E-state index contributed by atoms with van der Waals surface area (Å²) in [7, 11) is 0. The summed E-state index contributed by atoms with van der Waals surface area (Å²) < 4.78 is 18.7. The van der Waals surface area contributed by atoms with Crippen LogP contribution in [0.1, 0.15) is 32.2 Å². The third-order valence-electron chi connectivity index (χ3n) is 3.87. The number of hydrogen-bond acceptors (Lipinski definition) is 7. The van der Waals surface area contributed by atoms with E-state index >= 15 is 0 Å². The lowest BCUT2D eigenvalue weighted by Gasteiger charge is -2.12. The van der Waals surface area contributed by atoms with E-state index in [1.54, 1.807) is 11.4 Å². The van der Waals surface area contributed by atoms with Crippen LogP contribution < -0.4 is 10.6 Å². The molecule has 3 aromatic rings. The molecule has 0 fully saturated rings. The van der Waals surface area contributed by atoms with Crippen LogP contribution in [0.3, 0.4) is 0 Å². The fourth-order valence-electron chi connectivity index (χ4n) is 2.33. The smallest absolute Gasteiger partial charge is 0.234 e. The van der Waals surface area contributed by atoms with E-state index in [-0.39, 0.29) is 35.2 Å². The SMILES string of the molecule is CC(C)(C)c1cc(NC(=O)Cc2csc(SCC(=O)Nc3ccc(F)cc3)n2)on1. The number of thiazole rings is 1. The summed E-state index contributed by atoms with van der Waals surface area (Å²) in [6.07, 6.45) is 0.0877. The number of carbonyl (C=O) groups is 2. The molecule has 0 aliphatic carbocycles. The summed E-state index contributed by atoms with van der Waals surface area (Å²) in [5, 5.41) is 11.1. The van der Waals surface area contributed by atoms with Crippen LogP contribution in [0.5, 0.6) is 0 Å². The van der Waals surface area contributed by atoms with Crippen molar-refractivity contribution in [3.63, 3.8) is 0 Å². The van der Waals surface area contributed by atoms with Gasteiger partial charge in [-0.15, -0.1) is 11.3 Å². The van der Waals surface area contributed by atoms with Gasteiger partial charge in [0.15, 0.2) is 4.34 Å². The number of anilines is 2. The molecule has 0 spiro atoms. The van der Waals surface area contributed by atoms with Gasteiger partial charge in [0.1, 0.15) is 5.82 Å². The number of nitrogens with zero attached hydrogens (tertiary/aromatic N) is 2. The Bertz CT molecular complexity index is 1030. The largest absolute Gasteiger partial charge is 0.338 e. The predicted octanol–water partition coefficient (Wildman–Crippen LogP) is 4.48. The minimum Gasteiger partial charge on any atom is -0.338 e. The average molecular weight is 449 g/mol. The zero-order valence-electron chi connectivity index (χ0n) is 16.7. The van der Waals surface area contributed by atoms with E-state index < -0.39 is 0 Å². The molecule has 0 aliphatic rings. The van der Waals surface area contributed by atoms with Crippen LogP contribution in [-0.2, 0) is 21.4 Å². The van der Waals surface area contributed by atoms with Crippen molar-refractivity contribution in [2.24, 2.45) is 0 Å². The average Bonchev–Trinajstić information content (AvgIpc) is 3.31. The number of halogens is 1. The number of carbonyl (C=O) groups excluding carboxylic acids is 2. The van der Waals surface area contributed by atoms with Gasteiger partial charge in [-0.3, -0.25) is 14.9 Å². The van der Waals surface area contributed by atoms with Gasteiger partial charge in [-0.25, -0.2) is 9.37 Å². The Morgan fingerprint density at radius 2 is 1.90 bits per heavy atom. The van der Waals surface area contributed by atoms with Gasteiger partial charge in [0.25, 0.3) is 0 Å². The van der Waals surface area contributed by atoms with Crippen LogP contribution in [0.25, 0.3) is 0 Å². The fraction of sp³-hybridized carbons (Fsp3) is 0.300. The van der Waals surface area contributed by atoms with Crippen LogP contribution >= 0.6 is 23.1 Å². The van der Waals surface area contributed by atoms with Gasteiger partial charge in [0.05, 0.1) is 23.6 Å². The maximum atomic E-state index is 12.9. The molecule has 2 N–H and O–H groups in total. The first-order valence-corrected chi connectivity index (χ1v) is 11.0. The molecule has 0 saturated heterocycles.